The maximum atomic E-state index is 5.68. The van der Waals surface area contributed by atoms with Crippen LogP contribution in [0.5, 0.6) is 5.75 Å². The predicted molar refractivity (Wildman–Crippen MR) is 74.7 cm³/mol. The molecule has 2 rings (SSSR count). The van der Waals surface area contributed by atoms with E-state index in [4.69, 9.17) is 10.6 Å². The van der Waals surface area contributed by atoms with Crippen LogP contribution in [-0.2, 0) is 13.5 Å². The van der Waals surface area contributed by atoms with E-state index in [-0.39, 0.29) is 6.04 Å². The zero-order chi connectivity index (χ0) is 13.8. The van der Waals surface area contributed by atoms with Crippen molar-refractivity contribution in [1.29, 1.82) is 0 Å². The van der Waals surface area contributed by atoms with Crippen molar-refractivity contribution >= 4 is 0 Å². The van der Waals surface area contributed by atoms with Gasteiger partial charge < -0.3 is 4.74 Å². The molecule has 0 aliphatic rings. The number of aromatic nitrogens is 2. The van der Waals surface area contributed by atoms with Gasteiger partial charge >= 0.3 is 0 Å². The van der Waals surface area contributed by atoms with Crippen LogP contribution in [0, 0.1) is 6.92 Å². The molecule has 0 fully saturated rings. The molecule has 0 saturated carbocycles. The predicted octanol–water partition coefficient (Wildman–Crippen LogP) is 1.48. The van der Waals surface area contributed by atoms with Crippen molar-refractivity contribution in [2.45, 2.75) is 19.4 Å². The monoisotopic (exact) mass is 260 g/mol. The van der Waals surface area contributed by atoms with Crippen molar-refractivity contribution in [1.82, 2.24) is 15.2 Å². The van der Waals surface area contributed by atoms with Crippen LogP contribution >= 0.6 is 0 Å². The molecule has 1 aromatic carbocycles. The summed E-state index contributed by atoms with van der Waals surface area (Å²) in [4.78, 5) is 0. The Morgan fingerprint density at radius 2 is 2.26 bits per heavy atom. The zero-order valence-electron chi connectivity index (χ0n) is 11.6. The summed E-state index contributed by atoms with van der Waals surface area (Å²) in [5.41, 5.74) is 6.27. The normalized spacial score (nSPS) is 12.4. The number of nitrogens with one attached hydrogen (secondary N) is 1. The Kier molecular flexibility index (Phi) is 4.19. The molecule has 102 valence electrons. The van der Waals surface area contributed by atoms with E-state index in [1.165, 1.54) is 5.56 Å². The van der Waals surface area contributed by atoms with E-state index in [1.807, 2.05) is 43.0 Å². The highest BCUT2D eigenvalue weighted by atomic mass is 16.5. The van der Waals surface area contributed by atoms with Gasteiger partial charge in [0.2, 0.25) is 0 Å². The average Bonchev–Trinajstić information content (AvgIpc) is 2.77. The van der Waals surface area contributed by atoms with Crippen LogP contribution in [0.25, 0.3) is 0 Å². The Morgan fingerprint density at radius 1 is 1.47 bits per heavy atom. The van der Waals surface area contributed by atoms with Crippen molar-refractivity contribution in [3.8, 4) is 5.75 Å². The third-order valence-corrected chi connectivity index (χ3v) is 3.42. The fourth-order valence-electron chi connectivity index (χ4n) is 2.15. The minimum atomic E-state index is 0.0424. The van der Waals surface area contributed by atoms with Gasteiger partial charge in [0.1, 0.15) is 5.75 Å². The number of aryl methyl sites for hydroxylation is 1. The minimum absolute atomic E-state index is 0.0424. The molecule has 0 saturated heterocycles. The zero-order valence-corrected chi connectivity index (χ0v) is 11.6. The summed E-state index contributed by atoms with van der Waals surface area (Å²) in [6.45, 7) is 2.04. The van der Waals surface area contributed by atoms with Crippen LogP contribution in [0.2, 0.25) is 0 Å². The molecule has 3 N–H and O–H groups in total. The van der Waals surface area contributed by atoms with E-state index >= 15 is 0 Å². The first-order chi connectivity index (χ1) is 9.15. The molecule has 5 heteroatoms. The third-order valence-electron chi connectivity index (χ3n) is 3.42. The molecular weight excluding hydrogens is 240 g/mol. The summed E-state index contributed by atoms with van der Waals surface area (Å²) in [6, 6.07) is 8.05. The number of nitrogens with zero attached hydrogens (tertiary/aromatic N) is 2. The van der Waals surface area contributed by atoms with Crippen LogP contribution in [0.4, 0.5) is 0 Å². The summed E-state index contributed by atoms with van der Waals surface area (Å²) < 4.78 is 7.09. The topological polar surface area (TPSA) is 65.1 Å². The van der Waals surface area contributed by atoms with Gasteiger partial charge in [-0.15, -0.1) is 0 Å². The molecule has 1 heterocycles. The number of rotatable bonds is 5. The van der Waals surface area contributed by atoms with Gasteiger partial charge in [0, 0.05) is 18.3 Å². The Bertz CT molecular complexity index is 550. The van der Waals surface area contributed by atoms with Crippen LogP contribution in [0.15, 0.2) is 30.5 Å². The van der Waals surface area contributed by atoms with Crippen LogP contribution in [0.3, 0.4) is 0 Å². The van der Waals surface area contributed by atoms with Gasteiger partial charge in [0.05, 0.1) is 19.3 Å². The first kappa shape index (κ1) is 13.6. The second-order valence-electron chi connectivity index (χ2n) is 4.58. The molecule has 19 heavy (non-hydrogen) atoms. The van der Waals surface area contributed by atoms with Crippen LogP contribution < -0.4 is 16.0 Å². The van der Waals surface area contributed by atoms with E-state index in [9.17, 15) is 0 Å². The number of hydrogen-bond acceptors (Lipinski definition) is 4. The van der Waals surface area contributed by atoms with Gasteiger partial charge in [-0.1, -0.05) is 12.1 Å². The minimum Gasteiger partial charge on any atom is -0.497 e. The average molecular weight is 260 g/mol. The molecule has 0 bridgehead atoms. The van der Waals surface area contributed by atoms with Crippen molar-refractivity contribution in [2.24, 2.45) is 12.9 Å². The largest absolute Gasteiger partial charge is 0.497 e. The molecule has 1 unspecified atom stereocenters. The quantitative estimate of drug-likeness (QED) is 0.631. The number of nitrogens with two attached hydrogens (primary N) is 1. The van der Waals surface area contributed by atoms with Gasteiger partial charge in [-0.3, -0.25) is 16.0 Å². The highest BCUT2D eigenvalue weighted by Gasteiger charge is 2.16. The van der Waals surface area contributed by atoms with E-state index < -0.39 is 0 Å². The van der Waals surface area contributed by atoms with Gasteiger partial charge in [-0.25, -0.2) is 0 Å². The molecule has 5 nitrogen and oxygen atoms in total. The summed E-state index contributed by atoms with van der Waals surface area (Å²) in [6.07, 6.45) is 2.65. The number of hydrogen-bond donors (Lipinski definition) is 2. The molecule has 2 aromatic rings. The lowest BCUT2D eigenvalue weighted by Crippen LogP contribution is -2.30. The summed E-state index contributed by atoms with van der Waals surface area (Å²) >= 11 is 0. The smallest absolute Gasteiger partial charge is 0.119 e. The second-order valence-corrected chi connectivity index (χ2v) is 4.58. The summed E-state index contributed by atoms with van der Waals surface area (Å²) in [5, 5.41) is 4.26. The van der Waals surface area contributed by atoms with Crippen molar-refractivity contribution in [3.05, 3.63) is 47.3 Å². The molecule has 0 aliphatic carbocycles. The molecule has 1 atom stereocenters. The standard InChI is InChI=1S/C14H20N4O/c1-10-13(9-16-18(10)2)14(17-15)8-11-5-4-6-12(7-11)19-3/h4-7,9,14,17H,8,15H2,1-3H3. The van der Waals surface area contributed by atoms with Crippen LogP contribution in [0.1, 0.15) is 22.9 Å². The SMILES string of the molecule is COc1cccc(CC(NN)c2cnn(C)c2C)c1. The fraction of sp³-hybridized carbons (Fsp3) is 0.357. The maximum Gasteiger partial charge on any atom is 0.119 e. The fourth-order valence-corrected chi connectivity index (χ4v) is 2.15. The molecule has 0 radical (unpaired) electrons. The Hall–Kier alpha value is -1.85. The number of methoxy groups -OCH3 is 1. The van der Waals surface area contributed by atoms with E-state index in [2.05, 4.69) is 16.6 Å². The Morgan fingerprint density at radius 3 is 2.84 bits per heavy atom. The first-order valence-electron chi connectivity index (χ1n) is 6.23. The highest BCUT2D eigenvalue weighted by molar-refractivity contribution is 5.31. The first-order valence-corrected chi connectivity index (χ1v) is 6.23. The number of hydrazine groups is 1. The number of benzene rings is 1. The second kappa shape index (κ2) is 5.86. The van der Waals surface area contributed by atoms with Gasteiger partial charge in [0.15, 0.2) is 0 Å². The lowest BCUT2D eigenvalue weighted by molar-refractivity contribution is 0.414. The molecule has 0 spiro atoms. The summed E-state index contributed by atoms with van der Waals surface area (Å²) in [7, 11) is 3.60. The van der Waals surface area contributed by atoms with E-state index in [0.717, 1.165) is 23.4 Å². The van der Waals surface area contributed by atoms with E-state index in [1.54, 1.807) is 7.11 Å². The van der Waals surface area contributed by atoms with Crippen molar-refractivity contribution < 1.29 is 4.74 Å². The Labute approximate surface area is 113 Å². The lowest BCUT2D eigenvalue weighted by Gasteiger charge is -2.16. The summed E-state index contributed by atoms with van der Waals surface area (Å²) in [5.74, 6) is 6.54. The molecule has 0 aliphatic heterocycles. The van der Waals surface area contributed by atoms with E-state index in [0.29, 0.717) is 0 Å². The van der Waals surface area contributed by atoms with Gasteiger partial charge in [0.25, 0.3) is 0 Å². The van der Waals surface area contributed by atoms with Crippen molar-refractivity contribution in [2.75, 3.05) is 7.11 Å². The maximum absolute atomic E-state index is 5.68. The Balaban J connectivity index is 2.21. The molecule has 0 amide bonds. The highest BCUT2D eigenvalue weighted by Crippen LogP contribution is 2.22. The van der Waals surface area contributed by atoms with Gasteiger partial charge in [-0.2, -0.15) is 5.10 Å². The third kappa shape index (κ3) is 2.94. The molecular formula is C14H20N4O. The van der Waals surface area contributed by atoms with Gasteiger partial charge in [-0.05, 0) is 31.0 Å². The molecule has 1 aromatic heterocycles. The van der Waals surface area contributed by atoms with Crippen LogP contribution in [-0.4, -0.2) is 16.9 Å². The van der Waals surface area contributed by atoms with Crippen molar-refractivity contribution in [3.63, 3.8) is 0 Å². The number of ether oxygens (including phenoxy) is 1. The lowest BCUT2D eigenvalue weighted by atomic mass is 10.00.